The highest BCUT2D eigenvalue weighted by Gasteiger charge is 2.24. The van der Waals surface area contributed by atoms with Crippen molar-refractivity contribution in [2.75, 3.05) is 39.9 Å². The van der Waals surface area contributed by atoms with Gasteiger partial charge in [0.05, 0.1) is 12.3 Å². The minimum Gasteiger partial charge on any atom is -0.489 e. The van der Waals surface area contributed by atoms with Crippen molar-refractivity contribution in [1.29, 1.82) is 0 Å². The fraction of sp³-hybridized carbons (Fsp3) is 0.519. The zero-order valence-corrected chi connectivity index (χ0v) is 21.7. The zero-order valence-electron chi connectivity index (χ0n) is 20.8. The Morgan fingerprint density at radius 3 is 2.79 bits per heavy atom. The molecule has 0 N–H and O–H groups in total. The molecule has 7 heteroatoms. The minimum absolute atomic E-state index is 0.567. The van der Waals surface area contributed by atoms with Crippen LogP contribution in [0.4, 0.5) is 0 Å². The number of hydrogen-bond donors (Lipinski definition) is 0. The molecule has 1 atom stereocenters. The first-order valence-electron chi connectivity index (χ1n) is 12.3. The number of thiophene rings is 1. The van der Waals surface area contributed by atoms with E-state index in [4.69, 9.17) is 9.47 Å². The van der Waals surface area contributed by atoms with Crippen LogP contribution in [0.5, 0.6) is 11.5 Å². The van der Waals surface area contributed by atoms with E-state index in [9.17, 15) is 0 Å². The van der Waals surface area contributed by atoms with Gasteiger partial charge in [0, 0.05) is 66.2 Å². The monoisotopic (exact) mass is 480 g/mol. The molecule has 1 aromatic carbocycles. The Bertz CT molecular complexity index is 1140. The Labute approximate surface area is 207 Å². The number of fused-ring (bicyclic) bond motifs is 1. The highest BCUT2D eigenvalue weighted by atomic mass is 32.1. The summed E-state index contributed by atoms with van der Waals surface area (Å²) in [4.78, 5) is 7.47. The normalized spacial score (nSPS) is 19.5. The maximum Gasteiger partial charge on any atom is 0.165 e. The fourth-order valence-corrected chi connectivity index (χ4v) is 6.03. The zero-order chi connectivity index (χ0) is 23.7. The van der Waals surface area contributed by atoms with Crippen LogP contribution < -0.4 is 9.47 Å². The SMILES string of the molecule is Cc1ccc(-c2cc3c(c(OC[C@@H]4CCCN(C)C4)c2)OCCN(Cc2cn(C)nc2C)C3)s1. The molecule has 0 spiro atoms. The van der Waals surface area contributed by atoms with Crippen molar-refractivity contribution in [2.24, 2.45) is 13.0 Å². The molecule has 1 saturated heterocycles. The average Bonchev–Trinajstić information content (AvgIpc) is 3.30. The van der Waals surface area contributed by atoms with Crippen molar-refractivity contribution in [1.82, 2.24) is 19.6 Å². The summed E-state index contributed by atoms with van der Waals surface area (Å²) in [5.41, 5.74) is 4.79. The van der Waals surface area contributed by atoms with Gasteiger partial charge >= 0.3 is 0 Å². The summed E-state index contributed by atoms with van der Waals surface area (Å²) in [6.45, 7) is 10.5. The molecule has 0 amide bonds. The molecule has 6 nitrogen and oxygen atoms in total. The van der Waals surface area contributed by atoms with Gasteiger partial charge in [0.2, 0.25) is 0 Å². The van der Waals surface area contributed by atoms with Gasteiger partial charge < -0.3 is 14.4 Å². The molecule has 1 fully saturated rings. The number of piperidine rings is 1. The minimum atomic E-state index is 0.567. The van der Waals surface area contributed by atoms with Gasteiger partial charge in [-0.25, -0.2) is 0 Å². The van der Waals surface area contributed by atoms with Gasteiger partial charge in [-0.1, -0.05) is 0 Å². The highest BCUT2D eigenvalue weighted by molar-refractivity contribution is 7.15. The van der Waals surface area contributed by atoms with Gasteiger partial charge in [-0.05, 0) is 70.1 Å². The average molecular weight is 481 g/mol. The van der Waals surface area contributed by atoms with Crippen LogP contribution in [0.3, 0.4) is 0 Å². The third kappa shape index (κ3) is 5.32. The summed E-state index contributed by atoms with van der Waals surface area (Å²) in [5, 5.41) is 4.53. The summed E-state index contributed by atoms with van der Waals surface area (Å²) in [6.07, 6.45) is 4.61. The molecule has 0 aliphatic carbocycles. The molecule has 0 saturated carbocycles. The predicted octanol–water partition coefficient (Wildman–Crippen LogP) is 4.88. The molecule has 4 heterocycles. The van der Waals surface area contributed by atoms with E-state index in [-0.39, 0.29) is 0 Å². The van der Waals surface area contributed by atoms with Gasteiger partial charge in [-0.2, -0.15) is 5.10 Å². The van der Waals surface area contributed by atoms with E-state index >= 15 is 0 Å². The molecular weight excluding hydrogens is 444 g/mol. The van der Waals surface area contributed by atoms with Crippen molar-refractivity contribution in [3.63, 3.8) is 0 Å². The highest BCUT2D eigenvalue weighted by Crippen LogP contribution is 2.40. The topological polar surface area (TPSA) is 42.8 Å². The van der Waals surface area contributed by atoms with Crippen LogP contribution in [0.1, 0.15) is 34.5 Å². The summed E-state index contributed by atoms with van der Waals surface area (Å²) in [5.74, 6) is 2.38. The number of nitrogens with zero attached hydrogens (tertiary/aromatic N) is 4. The predicted molar refractivity (Wildman–Crippen MR) is 138 cm³/mol. The van der Waals surface area contributed by atoms with E-state index in [0.29, 0.717) is 12.5 Å². The molecule has 2 aliphatic heterocycles. The number of aromatic nitrogens is 2. The van der Waals surface area contributed by atoms with E-state index < -0.39 is 0 Å². The Balaban J connectivity index is 1.42. The number of benzene rings is 1. The van der Waals surface area contributed by atoms with E-state index in [0.717, 1.165) is 50.0 Å². The summed E-state index contributed by atoms with van der Waals surface area (Å²) < 4.78 is 14.8. The number of rotatable bonds is 6. The lowest BCUT2D eigenvalue weighted by atomic mass is 9.99. The van der Waals surface area contributed by atoms with Gasteiger partial charge in [0.15, 0.2) is 11.5 Å². The first-order chi connectivity index (χ1) is 16.4. The van der Waals surface area contributed by atoms with E-state index in [2.05, 4.69) is 66.3 Å². The molecule has 3 aromatic rings. The molecule has 0 unspecified atom stereocenters. The maximum absolute atomic E-state index is 6.51. The van der Waals surface area contributed by atoms with Crippen molar-refractivity contribution in [3.8, 4) is 21.9 Å². The Hall–Kier alpha value is -2.35. The van der Waals surface area contributed by atoms with Crippen molar-refractivity contribution < 1.29 is 9.47 Å². The van der Waals surface area contributed by atoms with Crippen molar-refractivity contribution in [2.45, 2.75) is 39.8 Å². The van der Waals surface area contributed by atoms with Crippen LogP contribution in [-0.2, 0) is 20.1 Å². The van der Waals surface area contributed by atoms with Crippen LogP contribution >= 0.6 is 11.3 Å². The number of aryl methyl sites for hydroxylation is 3. The standard InChI is InChI=1S/C27H36N4O2S/c1-19-7-8-26(34-19)22-12-23-16-31(17-24-15-30(4)28-20(24)2)10-11-32-27(23)25(13-22)33-18-21-6-5-9-29(3)14-21/h7-8,12-13,15,21H,5-6,9-11,14,16-18H2,1-4H3/t21-/m1/s1. The summed E-state index contributed by atoms with van der Waals surface area (Å²) >= 11 is 1.83. The van der Waals surface area contributed by atoms with Gasteiger partial charge in [-0.3, -0.25) is 9.58 Å². The molecule has 0 radical (unpaired) electrons. The van der Waals surface area contributed by atoms with Crippen LogP contribution in [0, 0.1) is 19.8 Å². The van der Waals surface area contributed by atoms with E-state index in [1.165, 1.54) is 45.8 Å². The lowest BCUT2D eigenvalue weighted by molar-refractivity contribution is 0.146. The van der Waals surface area contributed by atoms with E-state index in [1.54, 1.807) is 0 Å². The number of likely N-dealkylation sites (tertiary alicyclic amines) is 1. The summed E-state index contributed by atoms with van der Waals surface area (Å²) in [7, 11) is 4.19. The van der Waals surface area contributed by atoms with Crippen LogP contribution in [0.25, 0.3) is 10.4 Å². The smallest absolute Gasteiger partial charge is 0.165 e. The summed E-state index contributed by atoms with van der Waals surface area (Å²) in [6, 6.07) is 8.90. The molecule has 182 valence electrons. The number of hydrogen-bond acceptors (Lipinski definition) is 6. The third-order valence-corrected chi connectivity index (χ3v) is 7.96. The van der Waals surface area contributed by atoms with Crippen LogP contribution in [-0.4, -0.2) is 59.5 Å². The second-order valence-electron chi connectivity index (χ2n) is 9.93. The van der Waals surface area contributed by atoms with Crippen molar-refractivity contribution in [3.05, 3.63) is 52.2 Å². The van der Waals surface area contributed by atoms with Gasteiger partial charge in [0.1, 0.15) is 6.61 Å². The lowest BCUT2D eigenvalue weighted by Gasteiger charge is -2.29. The molecule has 2 aliphatic rings. The maximum atomic E-state index is 6.51. The van der Waals surface area contributed by atoms with Gasteiger partial charge in [-0.15, -0.1) is 11.3 Å². The number of ether oxygens (including phenoxy) is 2. The molecule has 0 bridgehead atoms. The molecular formula is C27H36N4O2S. The first kappa shape index (κ1) is 23.4. The van der Waals surface area contributed by atoms with E-state index in [1.807, 2.05) is 23.1 Å². The van der Waals surface area contributed by atoms with Crippen LogP contribution in [0.2, 0.25) is 0 Å². The quantitative estimate of drug-likeness (QED) is 0.503. The molecule has 34 heavy (non-hydrogen) atoms. The second-order valence-corrected chi connectivity index (χ2v) is 11.2. The second kappa shape index (κ2) is 10.1. The Morgan fingerprint density at radius 1 is 1.18 bits per heavy atom. The van der Waals surface area contributed by atoms with Crippen LogP contribution in [0.15, 0.2) is 30.5 Å². The largest absolute Gasteiger partial charge is 0.489 e. The first-order valence-corrected chi connectivity index (χ1v) is 13.2. The molecule has 5 rings (SSSR count). The lowest BCUT2D eigenvalue weighted by Crippen LogP contribution is -2.34. The Morgan fingerprint density at radius 2 is 2.06 bits per heavy atom. The molecule has 2 aromatic heterocycles. The third-order valence-electron chi connectivity index (χ3n) is 6.91. The van der Waals surface area contributed by atoms with Crippen molar-refractivity contribution >= 4 is 11.3 Å². The fourth-order valence-electron chi connectivity index (χ4n) is 5.17. The van der Waals surface area contributed by atoms with Gasteiger partial charge in [0.25, 0.3) is 0 Å². The Kier molecular flexibility index (Phi) is 6.95.